The van der Waals surface area contributed by atoms with Gasteiger partial charge in [0, 0.05) is 25.8 Å². The molecule has 0 spiro atoms. The molecule has 0 aromatic heterocycles. The SMILES string of the molecule is COC1CN(CCC(O)c2cccc(F)c2F)CCC1C. The molecule has 2 rings (SSSR count). The van der Waals surface area contributed by atoms with E-state index in [0.29, 0.717) is 18.9 Å². The number of benzene rings is 1. The van der Waals surface area contributed by atoms with Gasteiger partial charge in [0.2, 0.25) is 0 Å². The van der Waals surface area contributed by atoms with E-state index in [-0.39, 0.29) is 11.7 Å². The second-order valence-electron chi connectivity index (χ2n) is 5.79. The molecule has 0 radical (unpaired) electrons. The average Bonchev–Trinajstić information content (AvgIpc) is 2.49. The lowest BCUT2D eigenvalue weighted by atomic mass is 9.95. The zero-order valence-corrected chi connectivity index (χ0v) is 12.6. The fraction of sp³-hybridized carbons (Fsp3) is 0.625. The molecule has 1 fully saturated rings. The van der Waals surface area contributed by atoms with E-state index >= 15 is 0 Å². The summed E-state index contributed by atoms with van der Waals surface area (Å²) >= 11 is 0. The van der Waals surface area contributed by atoms with Crippen LogP contribution in [0.5, 0.6) is 0 Å². The Hall–Kier alpha value is -1.04. The van der Waals surface area contributed by atoms with E-state index in [1.807, 2.05) is 0 Å². The standard InChI is InChI=1S/C16H23F2NO2/c1-11-6-8-19(10-15(11)21-2)9-7-14(20)12-4-3-5-13(17)16(12)18/h3-5,11,14-15,20H,6-10H2,1-2H3. The number of methoxy groups -OCH3 is 1. The maximum absolute atomic E-state index is 13.6. The second kappa shape index (κ2) is 7.29. The third kappa shape index (κ3) is 3.99. The zero-order valence-electron chi connectivity index (χ0n) is 12.6. The highest BCUT2D eigenvalue weighted by atomic mass is 19.2. The first kappa shape index (κ1) is 16.3. The van der Waals surface area contributed by atoms with E-state index in [1.54, 1.807) is 7.11 Å². The lowest BCUT2D eigenvalue weighted by Crippen LogP contribution is -2.44. The minimum atomic E-state index is -0.985. The Labute approximate surface area is 124 Å². The maximum Gasteiger partial charge on any atom is 0.164 e. The molecule has 3 atom stereocenters. The molecule has 1 aliphatic rings. The van der Waals surface area contributed by atoms with E-state index in [0.717, 1.165) is 25.6 Å². The normalized spacial score (nSPS) is 25.0. The Morgan fingerprint density at radius 2 is 2.19 bits per heavy atom. The Bertz CT molecular complexity index is 470. The monoisotopic (exact) mass is 299 g/mol. The van der Waals surface area contributed by atoms with Crippen LogP contribution in [0.25, 0.3) is 0 Å². The van der Waals surface area contributed by atoms with Gasteiger partial charge in [0.15, 0.2) is 11.6 Å². The third-order valence-corrected chi connectivity index (χ3v) is 4.34. The highest BCUT2D eigenvalue weighted by molar-refractivity contribution is 5.21. The number of hydrogen-bond donors (Lipinski definition) is 1. The molecule has 21 heavy (non-hydrogen) atoms. The summed E-state index contributed by atoms with van der Waals surface area (Å²) in [6, 6.07) is 3.90. The van der Waals surface area contributed by atoms with Crippen molar-refractivity contribution in [3.63, 3.8) is 0 Å². The number of hydrogen-bond acceptors (Lipinski definition) is 3. The number of aliphatic hydroxyl groups excluding tert-OH is 1. The smallest absolute Gasteiger partial charge is 0.164 e. The zero-order chi connectivity index (χ0) is 15.4. The Morgan fingerprint density at radius 1 is 1.43 bits per heavy atom. The molecule has 0 bridgehead atoms. The van der Waals surface area contributed by atoms with Crippen LogP contribution in [0.3, 0.4) is 0 Å². The molecule has 1 aliphatic heterocycles. The van der Waals surface area contributed by atoms with E-state index in [4.69, 9.17) is 4.74 Å². The molecule has 5 heteroatoms. The van der Waals surface area contributed by atoms with Gasteiger partial charge in [-0.05, 0) is 31.4 Å². The summed E-state index contributed by atoms with van der Waals surface area (Å²) in [7, 11) is 1.71. The number of ether oxygens (including phenoxy) is 1. The van der Waals surface area contributed by atoms with Gasteiger partial charge in [-0.3, -0.25) is 0 Å². The van der Waals surface area contributed by atoms with Gasteiger partial charge < -0.3 is 14.7 Å². The van der Waals surface area contributed by atoms with Gasteiger partial charge in [0.05, 0.1) is 12.2 Å². The van der Waals surface area contributed by atoms with Crippen molar-refractivity contribution in [2.45, 2.75) is 32.0 Å². The highest BCUT2D eigenvalue weighted by Crippen LogP contribution is 2.24. The fourth-order valence-electron chi connectivity index (χ4n) is 2.85. The first-order valence-electron chi connectivity index (χ1n) is 7.40. The summed E-state index contributed by atoms with van der Waals surface area (Å²) in [6.45, 7) is 4.57. The van der Waals surface area contributed by atoms with Crippen molar-refractivity contribution in [1.82, 2.24) is 4.90 Å². The molecule has 0 amide bonds. The van der Waals surface area contributed by atoms with Crippen LogP contribution >= 0.6 is 0 Å². The predicted octanol–water partition coefficient (Wildman–Crippen LogP) is 2.75. The van der Waals surface area contributed by atoms with Gasteiger partial charge >= 0.3 is 0 Å². The Morgan fingerprint density at radius 3 is 2.90 bits per heavy atom. The van der Waals surface area contributed by atoms with Crippen LogP contribution in [0.4, 0.5) is 8.78 Å². The summed E-state index contributed by atoms with van der Waals surface area (Å²) in [5.41, 5.74) is 0.0312. The number of likely N-dealkylation sites (tertiary alicyclic amines) is 1. The van der Waals surface area contributed by atoms with Crippen LogP contribution in [0.15, 0.2) is 18.2 Å². The second-order valence-corrected chi connectivity index (χ2v) is 5.79. The molecule has 1 aromatic carbocycles. The van der Waals surface area contributed by atoms with Gasteiger partial charge in [0.1, 0.15) is 0 Å². The average molecular weight is 299 g/mol. The molecule has 3 nitrogen and oxygen atoms in total. The van der Waals surface area contributed by atoms with Gasteiger partial charge in [-0.1, -0.05) is 19.1 Å². The maximum atomic E-state index is 13.6. The van der Waals surface area contributed by atoms with E-state index in [1.165, 1.54) is 12.1 Å². The van der Waals surface area contributed by atoms with Crippen molar-refractivity contribution in [1.29, 1.82) is 0 Å². The van der Waals surface area contributed by atoms with E-state index in [9.17, 15) is 13.9 Å². The van der Waals surface area contributed by atoms with Crippen molar-refractivity contribution < 1.29 is 18.6 Å². The fourth-order valence-corrected chi connectivity index (χ4v) is 2.85. The summed E-state index contributed by atoms with van der Waals surface area (Å²) in [5.74, 6) is -1.35. The number of piperidine rings is 1. The van der Waals surface area contributed by atoms with Crippen LogP contribution in [0.1, 0.15) is 31.4 Å². The highest BCUT2D eigenvalue weighted by Gasteiger charge is 2.26. The van der Waals surface area contributed by atoms with Crippen molar-refractivity contribution in [2.24, 2.45) is 5.92 Å². The number of aliphatic hydroxyl groups is 1. The molecular formula is C16H23F2NO2. The predicted molar refractivity (Wildman–Crippen MR) is 77.0 cm³/mol. The number of nitrogens with zero attached hydrogens (tertiary/aromatic N) is 1. The summed E-state index contributed by atoms with van der Waals surface area (Å²) < 4.78 is 32.2. The van der Waals surface area contributed by atoms with Crippen LogP contribution in [-0.2, 0) is 4.74 Å². The first-order chi connectivity index (χ1) is 10.0. The summed E-state index contributed by atoms with van der Waals surface area (Å²) in [4.78, 5) is 2.20. The Kier molecular flexibility index (Phi) is 5.67. The van der Waals surface area contributed by atoms with Crippen molar-refractivity contribution in [2.75, 3.05) is 26.7 Å². The largest absolute Gasteiger partial charge is 0.388 e. The van der Waals surface area contributed by atoms with Crippen LogP contribution in [0, 0.1) is 17.6 Å². The topological polar surface area (TPSA) is 32.7 Å². The molecule has 1 saturated heterocycles. The molecule has 1 N–H and O–H groups in total. The van der Waals surface area contributed by atoms with Gasteiger partial charge in [-0.15, -0.1) is 0 Å². The molecule has 3 unspecified atom stereocenters. The molecule has 0 aliphatic carbocycles. The van der Waals surface area contributed by atoms with E-state index < -0.39 is 17.7 Å². The van der Waals surface area contributed by atoms with Gasteiger partial charge in [-0.25, -0.2) is 8.78 Å². The Balaban J connectivity index is 1.89. The quantitative estimate of drug-likeness (QED) is 0.907. The lowest BCUT2D eigenvalue weighted by molar-refractivity contribution is -0.00879. The summed E-state index contributed by atoms with van der Waals surface area (Å²) in [5, 5.41) is 10.1. The number of rotatable bonds is 5. The van der Waals surface area contributed by atoms with Crippen molar-refractivity contribution in [3.8, 4) is 0 Å². The summed E-state index contributed by atoms with van der Waals surface area (Å²) in [6.07, 6.45) is 0.636. The molecule has 118 valence electrons. The molecular weight excluding hydrogens is 276 g/mol. The number of halogens is 2. The van der Waals surface area contributed by atoms with Crippen LogP contribution in [0.2, 0.25) is 0 Å². The van der Waals surface area contributed by atoms with Gasteiger partial charge in [0.25, 0.3) is 0 Å². The molecule has 1 aromatic rings. The minimum absolute atomic E-state index is 0.0312. The first-order valence-corrected chi connectivity index (χ1v) is 7.40. The van der Waals surface area contributed by atoms with Crippen LogP contribution in [-0.4, -0.2) is 42.9 Å². The molecule has 1 heterocycles. The molecule has 0 saturated carbocycles. The van der Waals surface area contributed by atoms with Crippen LogP contribution < -0.4 is 0 Å². The van der Waals surface area contributed by atoms with Crippen molar-refractivity contribution >= 4 is 0 Å². The lowest BCUT2D eigenvalue weighted by Gasteiger charge is -2.36. The minimum Gasteiger partial charge on any atom is -0.388 e. The van der Waals surface area contributed by atoms with Gasteiger partial charge in [-0.2, -0.15) is 0 Å². The van der Waals surface area contributed by atoms with Crippen molar-refractivity contribution in [3.05, 3.63) is 35.4 Å². The van der Waals surface area contributed by atoms with E-state index in [2.05, 4.69) is 11.8 Å². The third-order valence-electron chi connectivity index (χ3n) is 4.34.